The summed E-state index contributed by atoms with van der Waals surface area (Å²) >= 11 is 18.2. The molecule has 156 valence electrons. The Morgan fingerprint density at radius 2 is 1.76 bits per heavy atom. The summed E-state index contributed by atoms with van der Waals surface area (Å²) < 4.78 is 0. The molecule has 6 nitrogen and oxygen atoms in total. The number of benzene rings is 2. The lowest BCUT2D eigenvalue weighted by Crippen LogP contribution is -2.47. The van der Waals surface area contributed by atoms with E-state index < -0.39 is 11.5 Å². The van der Waals surface area contributed by atoms with E-state index in [9.17, 15) is 15.0 Å². The molecule has 0 aliphatic carbocycles. The molecule has 9 heteroatoms. The van der Waals surface area contributed by atoms with Crippen molar-refractivity contribution < 1.29 is 15.0 Å². The highest BCUT2D eigenvalue weighted by atomic mass is 35.5. The molecule has 1 amide bonds. The summed E-state index contributed by atoms with van der Waals surface area (Å²) in [6.07, 6.45) is 0.793. The second-order valence-electron chi connectivity index (χ2n) is 6.84. The number of carbonyl (C=O) groups excluding carboxylic acids is 1. The van der Waals surface area contributed by atoms with Crippen LogP contribution in [0.15, 0.2) is 30.3 Å². The number of aromatic hydroxyl groups is 2. The van der Waals surface area contributed by atoms with Gasteiger partial charge in [0.2, 0.25) is 0 Å². The van der Waals surface area contributed by atoms with Gasteiger partial charge in [0, 0.05) is 38.3 Å². The highest BCUT2D eigenvalue weighted by molar-refractivity contribution is 6.43. The Balaban J connectivity index is 1.41. The van der Waals surface area contributed by atoms with E-state index in [1.54, 1.807) is 6.07 Å². The van der Waals surface area contributed by atoms with Crippen LogP contribution in [-0.4, -0.2) is 60.3 Å². The maximum atomic E-state index is 12.2. The Morgan fingerprint density at radius 1 is 1.03 bits per heavy atom. The molecule has 3 rings (SSSR count). The zero-order valence-electron chi connectivity index (χ0n) is 15.7. The van der Waals surface area contributed by atoms with Gasteiger partial charge in [-0.1, -0.05) is 40.9 Å². The van der Waals surface area contributed by atoms with Crippen LogP contribution >= 0.6 is 34.8 Å². The fourth-order valence-electron chi connectivity index (χ4n) is 3.27. The van der Waals surface area contributed by atoms with Crippen molar-refractivity contribution in [2.75, 3.05) is 44.2 Å². The summed E-state index contributed by atoms with van der Waals surface area (Å²) in [5.74, 6) is -1.19. The second kappa shape index (κ2) is 9.76. The molecule has 0 spiro atoms. The standard InChI is InChI=1S/C20H22Cl3N3O3/c21-14-3-1-4-16(18(14)23)26-9-7-25(8-10-26)6-2-5-24-20(29)13-11-15(22)19(28)17(27)12-13/h1,3-4,11-12,27-28H,2,5-10H2,(H,24,29). The van der Waals surface area contributed by atoms with E-state index >= 15 is 0 Å². The van der Waals surface area contributed by atoms with E-state index in [1.807, 2.05) is 12.1 Å². The molecule has 29 heavy (non-hydrogen) atoms. The van der Waals surface area contributed by atoms with E-state index in [2.05, 4.69) is 15.1 Å². The van der Waals surface area contributed by atoms with Gasteiger partial charge in [0.1, 0.15) is 0 Å². The van der Waals surface area contributed by atoms with Crippen molar-refractivity contribution in [1.29, 1.82) is 0 Å². The number of piperazine rings is 1. The fraction of sp³-hybridized carbons (Fsp3) is 0.350. The predicted molar refractivity (Wildman–Crippen MR) is 117 cm³/mol. The summed E-state index contributed by atoms with van der Waals surface area (Å²) in [6, 6.07) is 8.18. The average Bonchev–Trinajstić information content (AvgIpc) is 2.71. The van der Waals surface area contributed by atoms with Crippen molar-refractivity contribution in [3.63, 3.8) is 0 Å². The van der Waals surface area contributed by atoms with Gasteiger partial charge in [-0.05, 0) is 37.2 Å². The topological polar surface area (TPSA) is 76.0 Å². The minimum absolute atomic E-state index is 0.0622. The van der Waals surface area contributed by atoms with Gasteiger partial charge in [0.25, 0.3) is 5.91 Å². The molecule has 0 radical (unpaired) electrons. The van der Waals surface area contributed by atoms with Crippen molar-refractivity contribution in [3.05, 3.63) is 51.0 Å². The number of nitrogens with zero attached hydrogens (tertiary/aromatic N) is 2. The van der Waals surface area contributed by atoms with E-state index in [0.29, 0.717) is 16.6 Å². The van der Waals surface area contributed by atoms with Crippen LogP contribution in [0, 0.1) is 0 Å². The number of anilines is 1. The third-order valence-corrected chi connectivity index (χ3v) is 5.98. The van der Waals surface area contributed by atoms with Crippen LogP contribution in [0.4, 0.5) is 5.69 Å². The molecule has 2 aromatic rings. The van der Waals surface area contributed by atoms with Crippen molar-refractivity contribution >= 4 is 46.4 Å². The molecule has 0 unspecified atom stereocenters. The van der Waals surface area contributed by atoms with Crippen LogP contribution in [0.25, 0.3) is 0 Å². The van der Waals surface area contributed by atoms with Crippen LogP contribution < -0.4 is 10.2 Å². The van der Waals surface area contributed by atoms with Gasteiger partial charge < -0.3 is 20.4 Å². The minimum atomic E-state index is -0.429. The van der Waals surface area contributed by atoms with E-state index in [-0.39, 0.29) is 16.5 Å². The van der Waals surface area contributed by atoms with Crippen molar-refractivity contribution in [3.8, 4) is 11.5 Å². The molecule has 0 saturated carbocycles. The average molecular weight is 459 g/mol. The Bertz CT molecular complexity index is 864. The van der Waals surface area contributed by atoms with Gasteiger partial charge in [-0.2, -0.15) is 0 Å². The van der Waals surface area contributed by atoms with Gasteiger partial charge >= 0.3 is 0 Å². The van der Waals surface area contributed by atoms with Gasteiger partial charge in [-0.3, -0.25) is 9.69 Å². The number of halogens is 3. The lowest BCUT2D eigenvalue weighted by atomic mass is 10.2. The number of hydrogen-bond acceptors (Lipinski definition) is 5. The van der Waals surface area contributed by atoms with Gasteiger partial charge in [-0.15, -0.1) is 0 Å². The Kier molecular flexibility index (Phi) is 7.35. The van der Waals surface area contributed by atoms with Gasteiger partial charge in [0.15, 0.2) is 11.5 Å². The Morgan fingerprint density at radius 3 is 2.45 bits per heavy atom. The summed E-state index contributed by atoms with van der Waals surface area (Å²) in [5.41, 5.74) is 1.17. The number of carbonyl (C=O) groups is 1. The van der Waals surface area contributed by atoms with Gasteiger partial charge in [-0.25, -0.2) is 0 Å². The van der Waals surface area contributed by atoms with Gasteiger partial charge in [0.05, 0.1) is 20.8 Å². The summed E-state index contributed by atoms with van der Waals surface area (Å²) in [6.45, 7) is 4.88. The first-order valence-corrected chi connectivity index (χ1v) is 10.4. The Hall–Kier alpha value is -1.86. The first-order chi connectivity index (χ1) is 13.9. The zero-order chi connectivity index (χ0) is 21.0. The molecule has 1 aliphatic heterocycles. The van der Waals surface area contributed by atoms with Crippen LogP contribution in [0.3, 0.4) is 0 Å². The van der Waals surface area contributed by atoms with Crippen LogP contribution in [0.5, 0.6) is 11.5 Å². The highest BCUT2D eigenvalue weighted by Gasteiger charge is 2.19. The first-order valence-electron chi connectivity index (χ1n) is 9.28. The van der Waals surface area contributed by atoms with Crippen LogP contribution in [0.1, 0.15) is 16.8 Å². The summed E-state index contributed by atoms with van der Waals surface area (Å²) in [5, 5.41) is 22.9. The quantitative estimate of drug-likeness (QED) is 0.451. The molecule has 3 N–H and O–H groups in total. The van der Waals surface area contributed by atoms with E-state index in [4.69, 9.17) is 34.8 Å². The SMILES string of the molecule is O=C(NCCCN1CCN(c2cccc(Cl)c2Cl)CC1)c1cc(O)c(O)c(Cl)c1. The molecular weight excluding hydrogens is 437 g/mol. The molecule has 2 aromatic carbocycles. The molecule has 0 bridgehead atoms. The third kappa shape index (κ3) is 5.39. The molecule has 0 aromatic heterocycles. The first kappa shape index (κ1) is 21.8. The number of hydrogen-bond donors (Lipinski definition) is 3. The zero-order valence-corrected chi connectivity index (χ0v) is 17.9. The van der Waals surface area contributed by atoms with Crippen molar-refractivity contribution in [2.24, 2.45) is 0 Å². The number of phenols is 2. The lowest BCUT2D eigenvalue weighted by Gasteiger charge is -2.36. The van der Waals surface area contributed by atoms with Crippen LogP contribution in [-0.2, 0) is 0 Å². The molecule has 1 heterocycles. The largest absolute Gasteiger partial charge is 0.504 e. The normalized spacial score (nSPS) is 14.8. The Labute approximate surface area is 184 Å². The second-order valence-corrected chi connectivity index (χ2v) is 8.03. The maximum Gasteiger partial charge on any atom is 0.251 e. The smallest absolute Gasteiger partial charge is 0.251 e. The predicted octanol–water partition coefficient (Wildman–Crippen LogP) is 4.00. The summed E-state index contributed by atoms with van der Waals surface area (Å²) in [7, 11) is 0. The summed E-state index contributed by atoms with van der Waals surface area (Å²) in [4.78, 5) is 16.7. The van der Waals surface area contributed by atoms with Crippen molar-refractivity contribution in [1.82, 2.24) is 10.2 Å². The van der Waals surface area contributed by atoms with Crippen LogP contribution in [0.2, 0.25) is 15.1 Å². The van der Waals surface area contributed by atoms with E-state index in [0.717, 1.165) is 44.8 Å². The minimum Gasteiger partial charge on any atom is -0.504 e. The highest BCUT2D eigenvalue weighted by Crippen LogP contribution is 2.34. The van der Waals surface area contributed by atoms with Crippen molar-refractivity contribution in [2.45, 2.75) is 6.42 Å². The number of phenolic OH excluding ortho intramolecular Hbond substituents is 2. The van der Waals surface area contributed by atoms with E-state index in [1.165, 1.54) is 12.1 Å². The lowest BCUT2D eigenvalue weighted by molar-refractivity contribution is 0.0951. The molecule has 1 fully saturated rings. The molecule has 1 aliphatic rings. The third-order valence-electron chi connectivity index (χ3n) is 4.89. The molecule has 0 atom stereocenters. The fourth-order valence-corrected chi connectivity index (χ4v) is 3.90. The monoisotopic (exact) mass is 457 g/mol. The molecule has 1 saturated heterocycles. The maximum absolute atomic E-state index is 12.2. The number of nitrogens with one attached hydrogen (secondary N) is 1. The number of rotatable bonds is 6. The molecular formula is C20H22Cl3N3O3. The number of amides is 1.